The number of hydrogen-bond acceptors (Lipinski definition) is 4. The van der Waals surface area contributed by atoms with Crippen molar-refractivity contribution in [1.82, 2.24) is 0 Å². The van der Waals surface area contributed by atoms with Crippen molar-refractivity contribution in [2.24, 2.45) is 0 Å². The Morgan fingerprint density at radius 3 is 2.62 bits per heavy atom. The zero-order valence-electron chi connectivity index (χ0n) is 11.0. The molecule has 1 amide bonds. The van der Waals surface area contributed by atoms with Crippen molar-refractivity contribution in [2.75, 3.05) is 17.9 Å². The zero-order valence-corrected chi connectivity index (χ0v) is 12.5. The van der Waals surface area contributed by atoms with E-state index < -0.39 is 5.91 Å². The molecule has 0 unspecified atom stereocenters. The highest BCUT2D eigenvalue weighted by atomic mass is 35.5. The molecule has 5 nitrogen and oxygen atoms in total. The number of aromatic hydroxyl groups is 1. The second kappa shape index (κ2) is 6.67. The van der Waals surface area contributed by atoms with Gasteiger partial charge in [0, 0.05) is 5.02 Å². The quantitative estimate of drug-likeness (QED) is 0.744. The lowest BCUT2D eigenvalue weighted by molar-refractivity contribution is 0.102. The highest BCUT2D eigenvalue weighted by molar-refractivity contribution is 6.34. The average molecular weight is 327 g/mol. The van der Waals surface area contributed by atoms with Crippen molar-refractivity contribution in [2.45, 2.75) is 0 Å². The molecular formula is C14H12Cl2N2O3. The second-order valence-corrected chi connectivity index (χ2v) is 4.96. The van der Waals surface area contributed by atoms with Gasteiger partial charge in [0.2, 0.25) is 0 Å². The van der Waals surface area contributed by atoms with Crippen LogP contribution in [0.5, 0.6) is 5.75 Å². The van der Waals surface area contributed by atoms with Gasteiger partial charge in [-0.3, -0.25) is 15.1 Å². The Morgan fingerprint density at radius 1 is 1.19 bits per heavy atom. The predicted molar refractivity (Wildman–Crippen MR) is 83.2 cm³/mol. The summed E-state index contributed by atoms with van der Waals surface area (Å²) in [6.45, 7) is 0. The maximum absolute atomic E-state index is 12.1. The Balaban J connectivity index is 2.21. The van der Waals surface area contributed by atoms with Crippen LogP contribution >= 0.6 is 23.2 Å². The van der Waals surface area contributed by atoms with Crippen LogP contribution in [0.4, 0.5) is 11.4 Å². The predicted octanol–water partition coefficient (Wildman–Crippen LogP) is 3.92. The third kappa shape index (κ3) is 3.78. The number of halogens is 2. The minimum absolute atomic E-state index is 0.0673. The molecule has 0 spiro atoms. The van der Waals surface area contributed by atoms with Gasteiger partial charge < -0.3 is 10.4 Å². The van der Waals surface area contributed by atoms with E-state index in [-0.39, 0.29) is 11.3 Å². The number of hydrogen-bond donors (Lipinski definition) is 3. The lowest BCUT2D eigenvalue weighted by atomic mass is 10.2. The molecule has 0 saturated heterocycles. The number of benzene rings is 2. The summed E-state index contributed by atoms with van der Waals surface area (Å²) in [6.07, 6.45) is 0. The highest BCUT2D eigenvalue weighted by Crippen LogP contribution is 2.28. The molecule has 0 atom stereocenters. The van der Waals surface area contributed by atoms with Crippen molar-refractivity contribution in [3.8, 4) is 5.75 Å². The summed E-state index contributed by atoms with van der Waals surface area (Å²) in [4.78, 5) is 16.9. The molecule has 21 heavy (non-hydrogen) atoms. The van der Waals surface area contributed by atoms with E-state index in [0.717, 1.165) is 0 Å². The van der Waals surface area contributed by atoms with Gasteiger partial charge in [-0.05, 0) is 36.4 Å². The van der Waals surface area contributed by atoms with E-state index in [2.05, 4.69) is 10.8 Å². The fourth-order valence-corrected chi connectivity index (χ4v) is 2.08. The Morgan fingerprint density at radius 2 is 1.95 bits per heavy atom. The molecule has 110 valence electrons. The largest absolute Gasteiger partial charge is 0.507 e. The minimum atomic E-state index is -0.510. The van der Waals surface area contributed by atoms with Crippen molar-refractivity contribution in [3.05, 3.63) is 52.0 Å². The lowest BCUT2D eigenvalue weighted by Gasteiger charge is -2.10. The molecule has 0 aliphatic heterocycles. The topological polar surface area (TPSA) is 70.6 Å². The molecule has 2 aromatic rings. The summed E-state index contributed by atoms with van der Waals surface area (Å²) in [5.41, 5.74) is 3.74. The van der Waals surface area contributed by atoms with Crippen LogP contribution in [0.2, 0.25) is 10.0 Å². The number of phenols is 1. The molecule has 0 aromatic heterocycles. The number of phenolic OH excluding ortho intramolecular Hbond substituents is 1. The SMILES string of the molecule is CONc1ccc(NC(=O)c2cc(Cl)ccc2O)c(Cl)c1. The summed E-state index contributed by atoms with van der Waals surface area (Å²) in [6, 6.07) is 9.11. The summed E-state index contributed by atoms with van der Waals surface area (Å²) < 4.78 is 0. The van der Waals surface area contributed by atoms with Crippen molar-refractivity contribution in [3.63, 3.8) is 0 Å². The smallest absolute Gasteiger partial charge is 0.259 e. The summed E-state index contributed by atoms with van der Waals surface area (Å²) >= 11 is 11.9. The molecule has 0 radical (unpaired) electrons. The first-order chi connectivity index (χ1) is 10.0. The van der Waals surface area contributed by atoms with Crippen LogP contribution in [0, 0.1) is 0 Å². The van der Waals surface area contributed by atoms with E-state index in [0.29, 0.717) is 21.4 Å². The first kappa shape index (κ1) is 15.4. The van der Waals surface area contributed by atoms with E-state index in [1.807, 2.05) is 0 Å². The monoisotopic (exact) mass is 326 g/mol. The van der Waals surface area contributed by atoms with Gasteiger partial charge in [-0.1, -0.05) is 23.2 Å². The molecule has 0 saturated carbocycles. The van der Waals surface area contributed by atoms with Gasteiger partial charge in [-0.15, -0.1) is 0 Å². The Kier molecular flexibility index (Phi) is 4.90. The molecule has 0 aliphatic rings. The van der Waals surface area contributed by atoms with Crippen LogP contribution in [0.3, 0.4) is 0 Å². The number of carbonyl (C=O) groups is 1. The number of amides is 1. The molecule has 0 aliphatic carbocycles. The van der Waals surface area contributed by atoms with Crippen molar-refractivity contribution >= 4 is 40.5 Å². The standard InChI is InChI=1S/C14H12Cl2N2O3/c1-21-18-9-3-4-12(11(16)7-9)17-14(20)10-6-8(15)2-5-13(10)19/h2-7,18-19H,1H3,(H,17,20). The fourth-order valence-electron chi connectivity index (χ4n) is 1.68. The van der Waals surface area contributed by atoms with Gasteiger partial charge in [0.15, 0.2) is 0 Å². The van der Waals surface area contributed by atoms with Gasteiger partial charge in [-0.2, -0.15) is 0 Å². The Bertz CT molecular complexity index is 677. The maximum atomic E-state index is 12.1. The Hall–Kier alpha value is -1.95. The Labute approximate surface area is 131 Å². The molecule has 3 N–H and O–H groups in total. The number of anilines is 2. The first-order valence-electron chi connectivity index (χ1n) is 5.89. The summed E-state index contributed by atoms with van der Waals surface area (Å²) in [5.74, 6) is -0.671. The lowest BCUT2D eigenvalue weighted by Crippen LogP contribution is -2.12. The number of nitrogens with one attached hydrogen (secondary N) is 2. The minimum Gasteiger partial charge on any atom is -0.507 e. The highest BCUT2D eigenvalue weighted by Gasteiger charge is 2.13. The molecule has 0 heterocycles. The van der Waals surface area contributed by atoms with E-state index >= 15 is 0 Å². The van der Waals surface area contributed by atoms with Crippen LogP contribution < -0.4 is 10.8 Å². The summed E-state index contributed by atoms with van der Waals surface area (Å²) in [7, 11) is 1.48. The number of rotatable bonds is 4. The molecule has 0 fully saturated rings. The molecule has 7 heteroatoms. The maximum Gasteiger partial charge on any atom is 0.259 e. The number of carbonyl (C=O) groups excluding carboxylic acids is 1. The van der Waals surface area contributed by atoms with Gasteiger partial charge in [-0.25, -0.2) is 0 Å². The van der Waals surface area contributed by atoms with Gasteiger partial charge in [0.1, 0.15) is 5.75 Å². The van der Waals surface area contributed by atoms with Crippen LogP contribution in [-0.2, 0) is 4.84 Å². The van der Waals surface area contributed by atoms with E-state index in [4.69, 9.17) is 28.0 Å². The van der Waals surface area contributed by atoms with Crippen molar-refractivity contribution < 1.29 is 14.7 Å². The molecule has 0 bridgehead atoms. The van der Waals surface area contributed by atoms with Gasteiger partial charge >= 0.3 is 0 Å². The molecule has 2 rings (SSSR count). The second-order valence-electron chi connectivity index (χ2n) is 4.12. The van der Waals surface area contributed by atoms with E-state index in [9.17, 15) is 9.90 Å². The van der Waals surface area contributed by atoms with Crippen LogP contribution in [0.25, 0.3) is 0 Å². The van der Waals surface area contributed by atoms with Crippen LogP contribution in [0.15, 0.2) is 36.4 Å². The van der Waals surface area contributed by atoms with E-state index in [1.165, 1.54) is 25.3 Å². The first-order valence-corrected chi connectivity index (χ1v) is 6.65. The average Bonchev–Trinajstić information content (AvgIpc) is 2.44. The van der Waals surface area contributed by atoms with Gasteiger partial charge in [0.05, 0.1) is 29.1 Å². The molecular weight excluding hydrogens is 315 g/mol. The van der Waals surface area contributed by atoms with Crippen molar-refractivity contribution in [1.29, 1.82) is 0 Å². The van der Waals surface area contributed by atoms with Crippen LogP contribution in [-0.4, -0.2) is 18.1 Å². The molecule has 2 aromatic carbocycles. The zero-order chi connectivity index (χ0) is 15.4. The summed E-state index contributed by atoms with van der Waals surface area (Å²) in [5, 5.41) is 13.0. The third-order valence-electron chi connectivity index (χ3n) is 2.64. The third-order valence-corrected chi connectivity index (χ3v) is 3.19. The van der Waals surface area contributed by atoms with E-state index in [1.54, 1.807) is 18.2 Å². The normalized spacial score (nSPS) is 10.2. The fraction of sp³-hybridized carbons (Fsp3) is 0.0714. The van der Waals surface area contributed by atoms with Crippen LogP contribution in [0.1, 0.15) is 10.4 Å². The van der Waals surface area contributed by atoms with Gasteiger partial charge in [0.25, 0.3) is 5.91 Å².